The molecule has 5 heterocycles. The van der Waals surface area contributed by atoms with E-state index in [0.717, 1.165) is 29.3 Å². The van der Waals surface area contributed by atoms with Crippen LogP contribution < -0.4 is 34.1 Å². The summed E-state index contributed by atoms with van der Waals surface area (Å²) >= 11 is 0. The highest BCUT2D eigenvalue weighted by atomic mass is 28.3. The Kier molecular flexibility index (Phi) is 10.8. The first-order valence-corrected chi connectivity index (χ1v) is 25.4. The van der Waals surface area contributed by atoms with E-state index in [9.17, 15) is 19.5 Å². The molecule has 0 bridgehead atoms. The highest BCUT2D eigenvalue weighted by molar-refractivity contribution is 6.91. The summed E-state index contributed by atoms with van der Waals surface area (Å²) in [6.45, 7) is 7.05. The van der Waals surface area contributed by atoms with Crippen LogP contribution in [-0.4, -0.2) is 87.3 Å². The molecular weight excluding hydrogens is 841 g/mol. The Morgan fingerprint density at radius 1 is 0.800 bits per heavy atom. The van der Waals surface area contributed by atoms with E-state index in [-0.39, 0.29) is 68.0 Å². The topological polar surface area (TPSA) is 138 Å². The lowest BCUT2D eigenvalue weighted by Gasteiger charge is -2.37. The summed E-state index contributed by atoms with van der Waals surface area (Å²) in [5, 5.41) is 11.4. The lowest BCUT2D eigenvalue weighted by Crippen LogP contribution is -2.52. The van der Waals surface area contributed by atoms with Crippen molar-refractivity contribution in [3.05, 3.63) is 126 Å². The minimum Gasteiger partial charge on any atom is -0.497 e. The molecule has 5 aromatic carbocycles. The van der Waals surface area contributed by atoms with Gasteiger partial charge in [0.25, 0.3) is 17.7 Å². The summed E-state index contributed by atoms with van der Waals surface area (Å²) in [5.74, 6) is 0.715. The predicted molar refractivity (Wildman–Crippen MR) is 248 cm³/mol. The van der Waals surface area contributed by atoms with Crippen LogP contribution in [0.2, 0.25) is 18.6 Å². The largest absolute Gasteiger partial charge is 0.497 e. The van der Waals surface area contributed by atoms with Crippen LogP contribution in [0.1, 0.15) is 37.3 Å². The quantitative estimate of drug-likeness (QED) is 0.148. The summed E-state index contributed by atoms with van der Waals surface area (Å²) in [7, 11) is -0.995. The van der Waals surface area contributed by atoms with Crippen LogP contribution >= 0.6 is 0 Å². The second kappa shape index (κ2) is 16.5. The number of fused-ring (bicyclic) bond motifs is 4. The highest BCUT2D eigenvalue weighted by Gasteiger charge is 2.67. The summed E-state index contributed by atoms with van der Waals surface area (Å²) in [6.07, 6.45) is 0.929. The van der Waals surface area contributed by atoms with Gasteiger partial charge >= 0.3 is 0 Å². The second-order valence-corrected chi connectivity index (χ2v) is 22.8. The standard InChI is InChI=1S/C51H52N4O9Si/c1-32-49(65(3,4)38-22-20-37(61-2)21-23-38)45(27-46(57)52-25-9-10-36(52)29-56)64-51(32)39-26-35(55-42-12-6-8-14-44(42)63-31-48(55)59)19-24-40(39)53(50(51)60)28-33-15-17-34(18-16-33)54-41-11-5-7-13-43(41)62-30-47(54)58/h5-8,11-24,26,32,36,45,49,56H,9-10,25,27-31H2,1-4H3/t32-,36+,45+,49-,51+/m1/s1. The zero-order valence-corrected chi connectivity index (χ0v) is 37.9. The SMILES string of the molecule is COc1ccc([Si](C)(C)[C@H]2[C@H](CC(=O)N3CCC[C@H]3CO)O[C@@]3(C(=O)N(Cc4ccc(N5C(=O)COc6ccccc65)cc4)c4ccc(N5C(=O)COc6ccccc65)cc43)[C@@H]2C)cc1. The fraction of sp³-hybridized carbons (Fsp3) is 0.333. The number of nitrogens with zero attached hydrogens (tertiary/aromatic N) is 4. The van der Waals surface area contributed by atoms with Crippen LogP contribution in [0.4, 0.5) is 28.4 Å². The number of benzene rings is 5. The molecule has 14 heteroatoms. The van der Waals surface area contributed by atoms with E-state index in [4.69, 9.17) is 18.9 Å². The molecule has 0 unspecified atom stereocenters. The van der Waals surface area contributed by atoms with Gasteiger partial charge in [-0.05, 0) is 90.7 Å². The monoisotopic (exact) mass is 892 g/mol. The van der Waals surface area contributed by atoms with Crippen LogP contribution in [0.5, 0.6) is 17.2 Å². The van der Waals surface area contributed by atoms with E-state index in [1.165, 1.54) is 0 Å². The number of amides is 4. The third-order valence-electron chi connectivity index (χ3n) is 14.3. The van der Waals surface area contributed by atoms with Gasteiger partial charge in [0, 0.05) is 29.4 Å². The Morgan fingerprint density at radius 2 is 1.42 bits per heavy atom. The van der Waals surface area contributed by atoms with Crippen molar-refractivity contribution in [3.8, 4) is 17.2 Å². The normalized spacial score (nSPS) is 23.6. The average molecular weight is 893 g/mol. The molecule has 0 aliphatic carbocycles. The number of anilines is 5. The van der Waals surface area contributed by atoms with Crippen LogP contribution in [-0.2, 0) is 36.1 Å². The smallest absolute Gasteiger partial charge is 0.269 e. The third-order valence-corrected chi connectivity index (χ3v) is 18.7. The molecule has 1 spiro atoms. The molecule has 4 amide bonds. The van der Waals surface area contributed by atoms with E-state index in [0.29, 0.717) is 52.0 Å². The molecule has 0 aromatic heterocycles. The first-order chi connectivity index (χ1) is 31.4. The summed E-state index contributed by atoms with van der Waals surface area (Å²) in [4.78, 5) is 64.0. The number of ether oxygens (including phenoxy) is 4. The van der Waals surface area contributed by atoms with Crippen molar-refractivity contribution in [3.63, 3.8) is 0 Å². The van der Waals surface area contributed by atoms with Crippen LogP contribution in [0, 0.1) is 5.92 Å². The molecule has 10 rings (SSSR count). The Morgan fingerprint density at radius 3 is 2.05 bits per heavy atom. The number of rotatable bonds is 10. The lowest BCUT2D eigenvalue weighted by molar-refractivity contribution is -0.150. The summed E-state index contributed by atoms with van der Waals surface area (Å²) in [6, 6.07) is 35.9. The molecule has 334 valence electrons. The Balaban J connectivity index is 1.08. The van der Waals surface area contributed by atoms with Gasteiger partial charge in [-0.15, -0.1) is 0 Å². The Labute approximate surface area is 379 Å². The fourth-order valence-corrected chi connectivity index (χ4v) is 15.2. The molecule has 2 fully saturated rings. The minimum atomic E-state index is -2.63. The summed E-state index contributed by atoms with van der Waals surface area (Å²) in [5.41, 5.74) is 2.85. The van der Waals surface area contributed by atoms with Gasteiger partial charge in [-0.1, -0.05) is 73.7 Å². The molecule has 1 N–H and O–H groups in total. The van der Waals surface area contributed by atoms with Crippen molar-refractivity contribution in [2.45, 2.75) is 69.1 Å². The van der Waals surface area contributed by atoms with Gasteiger partial charge in [0.05, 0.1) is 64.0 Å². The van der Waals surface area contributed by atoms with E-state index >= 15 is 4.79 Å². The van der Waals surface area contributed by atoms with E-state index < -0.39 is 25.7 Å². The fourth-order valence-electron chi connectivity index (χ4n) is 11.1. The summed E-state index contributed by atoms with van der Waals surface area (Å²) < 4.78 is 24.4. The number of carbonyl (C=O) groups excluding carboxylic acids is 4. The van der Waals surface area contributed by atoms with Crippen LogP contribution in [0.25, 0.3) is 0 Å². The lowest BCUT2D eigenvalue weighted by atomic mass is 9.82. The Hall–Kier alpha value is -6.48. The second-order valence-electron chi connectivity index (χ2n) is 18.2. The van der Waals surface area contributed by atoms with Crippen molar-refractivity contribution in [1.29, 1.82) is 0 Å². The Bertz CT molecular complexity index is 2690. The number of aliphatic hydroxyl groups is 1. The van der Waals surface area contributed by atoms with Crippen molar-refractivity contribution in [1.82, 2.24) is 4.90 Å². The number of likely N-dealkylation sites (tertiary alicyclic amines) is 1. The molecule has 0 saturated carbocycles. The molecular formula is C51H52N4O9Si. The van der Waals surface area contributed by atoms with Gasteiger partial charge < -0.3 is 33.9 Å². The first-order valence-electron chi connectivity index (χ1n) is 22.3. The first kappa shape index (κ1) is 42.5. The zero-order valence-electron chi connectivity index (χ0n) is 36.9. The van der Waals surface area contributed by atoms with Crippen molar-refractivity contribution in [2.24, 2.45) is 5.92 Å². The molecule has 65 heavy (non-hydrogen) atoms. The van der Waals surface area contributed by atoms with Crippen molar-refractivity contribution < 1.29 is 43.2 Å². The van der Waals surface area contributed by atoms with Gasteiger partial charge in [0.2, 0.25) is 5.91 Å². The highest BCUT2D eigenvalue weighted by Crippen LogP contribution is 2.61. The molecule has 5 aliphatic rings. The number of hydrogen-bond acceptors (Lipinski definition) is 9. The zero-order chi connectivity index (χ0) is 45.2. The van der Waals surface area contributed by atoms with Gasteiger partial charge in [-0.25, -0.2) is 0 Å². The van der Waals surface area contributed by atoms with Gasteiger partial charge in [-0.3, -0.25) is 29.0 Å². The molecule has 2 saturated heterocycles. The minimum absolute atomic E-state index is 0.0440. The van der Waals surface area contributed by atoms with E-state index in [1.54, 1.807) is 26.7 Å². The van der Waals surface area contributed by atoms with E-state index in [1.807, 2.05) is 103 Å². The van der Waals surface area contributed by atoms with Gasteiger partial charge in [-0.2, -0.15) is 0 Å². The average Bonchev–Trinajstić information content (AvgIpc) is 3.99. The molecule has 13 nitrogen and oxygen atoms in total. The number of hydrogen-bond donors (Lipinski definition) is 1. The molecule has 5 atom stereocenters. The maximum absolute atomic E-state index is 15.8. The molecule has 5 aliphatic heterocycles. The number of carbonyl (C=O) groups is 4. The molecule has 5 aromatic rings. The number of para-hydroxylation sites is 4. The predicted octanol–water partition coefficient (Wildman–Crippen LogP) is 6.95. The van der Waals surface area contributed by atoms with Crippen LogP contribution in [0.3, 0.4) is 0 Å². The van der Waals surface area contributed by atoms with Gasteiger partial charge in [0.1, 0.15) is 17.2 Å². The van der Waals surface area contributed by atoms with Crippen molar-refractivity contribution >= 4 is 65.3 Å². The maximum atomic E-state index is 15.8. The van der Waals surface area contributed by atoms with Gasteiger partial charge in [0.15, 0.2) is 18.8 Å². The number of aliphatic hydroxyl groups excluding tert-OH is 1. The third kappa shape index (κ3) is 6.97. The van der Waals surface area contributed by atoms with Crippen LogP contribution in [0.15, 0.2) is 115 Å². The van der Waals surface area contributed by atoms with E-state index in [2.05, 4.69) is 32.2 Å². The molecule has 0 radical (unpaired) electrons. The van der Waals surface area contributed by atoms with Crippen molar-refractivity contribution in [2.75, 3.05) is 48.2 Å². The maximum Gasteiger partial charge on any atom is 0.269 e. The number of methoxy groups -OCH3 is 1.